The molecule has 2 N–H and O–H groups in total. The number of nitrogens with one attached hydrogen (secondary N) is 1. The molecule has 0 bridgehead atoms. The first-order valence-corrected chi connectivity index (χ1v) is 7.37. The largest absolute Gasteiger partial charge is 0.394 e. The first kappa shape index (κ1) is 14.2. The second-order valence-corrected chi connectivity index (χ2v) is 6.25. The molecule has 5 heteroatoms. The quantitative estimate of drug-likeness (QED) is 0.815. The topological polar surface area (TPSA) is 50.1 Å². The van der Waals surface area contributed by atoms with E-state index in [1.54, 1.807) is 16.0 Å². The predicted molar refractivity (Wildman–Crippen MR) is 78.4 cm³/mol. The molecule has 19 heavy (non-hydrogen) atoms. The highest BCUT2D eigenvalue weighted by molar-refractivity contribution is 7.10. The monoisotopic (exact) mass is 279 g/mol. The van der Waals surface area contributed by atoms with Gasteiger partial charge in [0.25, 0.3) is 0 Å². The van der Waals surface area contributed by atoms with E-state index in [0.29, 0.717) is 6.54 Å². The Bertz CT molecular complexity index is 491. The highest BCUT2D eigenvalue weighted by Crippen LogP contribution is 2.26. The van der Waals surface area contributed by atoms with Gasteiger partial charge < -0.3 is 10.4 Å². The van der Waals surface area contributed by atoms with E-state index in [0.717, 1.165) is 18.7 Å². The molecule has 104 valence electrons. The van der Waals surface area contributed by atoms with Crippen LogP contribution < -0.4 is 5.32 Å². The van der Waals surface area contributed by atoms with Crippen molar-refractivity contribution in [2.24, 2.45) is 0 Å². The number of rotatable bonds is 7. The molecular weight excluding hydrogens is 258 g/mol. The van der Waals surface area contributed by atoms with Crippen LogP contribution in [0.25, 0.3) is 0 Å². The Morgan fingerprint density at radius 3 is 3.00 bits per heavy atom. The number of thiophene rings is 1. The molecule has 2 aromatic rings. The maximum Gasteiger partial charge on any atom is 0.0640 e. The van der Waals surface area contributed by atoms with E-state index in [9.17, 15) is 0 Å². The van der Waals surface area contributed by atoms with Gasteiger partial charge in [-0.3, -0.25) is 4.68 Å². The van der Waals surface area contributed by atoms with E-state index >= 15 is 0 Å². The summed E-state index contributed by atoms with van der Waals surface area (Å²) in [6, 6.07) is 4.28. The molecule has 0 aliphatic carbocycles. The highest BCUT2D eigenvalue weighted by atomic mass is 32.1. The zero-order chi connectivity index (χ0) is 13.7. The van der Waals surface area contributed by atoms with Crippen molar-refractivity contribution < 1.29 is 5.11 Å². The molecule has 2 heterocycles. The van der Waals surface area contributed by atoms with Gasteiger partial charge in [0.1, 0.15) is 0 Å². The molecule has 2 aromatic heterocycles. The van der Waals surface area contributed by atoms with Gasteiger partial charge >= 0.3 is 0 Å². The lowest BCUT2D eigenvalue weighted by Crippen LogP contribution is -2.31. The number of aliphatic hydroxyl groups is 1. The summed E-state index contributed by atoms with van der Waals surface area (Å²) in [5, 5.41) is 18.6. The van der Waals surface area contributed by atoms with Crippen LogP contribution in [0.4, 0.5) is 0 Å². The Kier molecular flexibility index (Phi) is 4.74. The summed E-state index contributed by atoms with van der Waals surface area (Å²) in [7, 11) is 0. The van der Waals surface area contributed by atoms with E-state index in [4.69, 9.17) is 5.11 Å². The number of nitrogens with zero attached hydrogens (tertiary/aromatic N) is 2. The third kappa shape index (κ3) is 3.89. The summed E-state index contributed by atoms with van der Waals surface area (Å²) < 4.78 is 1.77. The van der Waals surface area contributed by atoms with Crippen LogP contribution in [0, 0.1) is 0 Å². The Morgan fingerprint density at radius 1 is 1.47 bits per heavy atom. The van der Waals surface area contributed by atoms with Crippen molar-refractivity contribution in [3.8, 4) is 0 Å². The normalized spacial score (nSPS) is 11.9. The van der Waals surface area contributed by atoms with Crippen LogP contribution in [-0.4, -0.2) is 28.0 Å². The van der Waals surface area contributed by atoms with Gasteiger partial charge in [-0.2, -0.15) is 5.10 Å². The molecule has 4 nitrogen and oxygen atoms in total. The molecule has 0 spiro atoms. The van der Waals surface area contributed by atoms with Gasteiger partial charge in [0.2, 0.25) is 0 Å². The van der Waals surface area contributed by atoms with Gasteiger partial charge in [0.15, 0.2) is 0 Å². The Hall–Kier alpha value is -1.17. The minimum absolute atomic E-state index is 0.125. The predicted octanol–water partition coefficient (Wildman–Crippen LogP) is 2.00. The molecule has 0 fully saturated rings. The Morgan fingerprint density at radius 2 is 2.32 bits per heavy atom. The number of aromatic nitrogens is 2. The van der Waals surface area contributed by atoms with Crippen LogP contribution in [0.5, 0.6) is 0 Å². The summed E-state index contributed by atoms with van der Waals surface area (Å²) in [4.78, 5) is 1.40. The fourth-order valence-corrected chi connectivity index (χ4v) is 2.84. The van der Waals surface area contributed by atoms with Crippen LogP contribution in [0.2, 0.25) is 0 Å². The molecule has 2 rings (SSSR count). The fourth-order valence-electron chi connectivity index (χ4n) is 1.99. The maximum absolute atomic E-state index is 8.84. The number of hydrogen-bond acceptors (Lipinski definition) is 4. The van der Waals surface area contributed by atoms with Crippen molar-refractivity contribution in [1.29, 1.82) is 0 Å². The first-order chi connectivity index (χ1) is 9.12. The molecule has 0 saturated heterocycles. The van der Waals surface area contributed by atoms with Crippen molar-refractivity contribution in [2.75, 3.05) is 13.2 Å². The lowest BCUT2D eigenvalue weighted by molar-refractivity contribution is 0.269. The van der Waals surface area contributed by atoms with Crippen LogP contribution in [-0.2, 0) is 18.5 Å². The standard InChI is InChI=1S/C14H21N3OS/c1-14(2,13-4-3-7-19-13)11-15-8-12-9-16-17(10-12)5-6-18/h3-4,7,9-10,15,18H,5-6,8,11H2,1-2H3. The van der Waals surface area contributed by atoms with Gasteiger partial charge in [-0.15, -0.1) is 11.3 Å². The molecule has 0 unspecified atom stereocenters. The summed E-state index contributed by atoms with van der Waals surface area (Å²) in [6.07, 6.45) is 3.82. The zero-order valence-corrected chi connectivity index (χ0v) is 12.3. The summed E-state index contributed by atoms with van der Waals surface area (Å²) in [5.41, 5.74) is 1.30. The zero-order valence-electron chi connectivity index (χ0n) is 11.5. The Balaban J connectivity index is 1.82. The van der Waals surface area contributed by atoms with Crippen molar-refractivity contribution in [1.82, 2.24) is 15.1 Å². The van der Waals surface area contributed by atoms with E-state index < -0.39 is 0 Å². The maximum atomic E-state index is 8.84. The molecule has 0 atom stereocenters. The van der Waals surface area contributed by atoms with Gasteiger partial charge in [0, 0.05) is 35.1 Å². The van der Waals surface area contributed by atoms with E-state index in [1.807, 2.05) is 12.4 Å². The summed E-state index contributed by atoms with van der Waals surface area (Å²) in [6.45, 7) is 6.92. The van der Waals surface area contributed by atoms with Gasteiger partial charge in [-0.1, -0.05) is 19.9 Å². The molecule has 0 aromatic carbocycles. The fraction of sp³-hybridized carbons (Fsp3) is 0.500. The molecule has 0 aliphatic heterocycles. The van der Waals surface area contributed by atoms with Gasteiger partial charge in [-0.25, -0.2) is 0 Å². The van der Waals surface area contributed by atoms with Crippen LogP contribution in [0.3, 0.4) is 0 Å². The van der Waals surface area contributed by atoms with E-state index in [-0.39, 0.29) is 12.0 Å². The van der Waals surface area contributed by atoms with Crippen molar-refractivity contribution in [2.45, 2.75) is 32.4 Å². The average molecular weight is 279 g/mol. The minimum atomic E-state index is 0.125. The van der Waals surface area contributed by atoms with E-state index in [2.05, 4.69) is 41.8 Å². The van der Waals surface area contributed by atoms with Gasteiger partial charge in [0.05, 0.1) is 19.3 Å². The third-order valence-electron chi connectivity index (χ3n) is 3.10. The highest BCUT2D eigenvalue weighted by Gasteiger charge is 2.20. The second-order valence-electron chi connectivity index (χ2n) is 5.30. The van der Waals surface area contributed by atoms with Crippen LogP contribution in [0.1, 0.15) is 24.3 Å². The molecule has 0 aliphatic rings. The smallest absolute Gasteiger partial charge is 0.0640 e. The lowest BCUT2D eigenvalue weighted by Gasteiger charge is -2.23. The third-order valence-corrected chi connectivity index (χ3v) is 4.34. The number of hydrogen-bond donors (Lipinski definition) is 2. The minimum Gasteiger partial charge on any atom is -0.394 e. The lowest BCUT2D eigenvalue weighted by atomic mass is 9.91. The second kappa shape index (κ2) is 6.32. The Labute approximate surface area is 118 Å². The van der Waals surface area contributed by atoms with E-state index in [1.165, 1.54) is 4.88 Å². The van der Waals surface area contributed by atoms with Crippen molar-refractivity contribution >= 4 is 11.3 Å². The summed E-state index contributed by atoms with van der Waals surface area (Å²) in [5.74, 6) is 0. The SMILES string of the molecule is CC(C)(CNCc1cnn(CCO)c1)c1cccs1. The van der Waals surface area contributed by atoms with Crippen molar-refractivity contribution in [3.63, 3.8) is 0 Å². The van der Waals surface area contributed by atoms with Gasteiger partial charge in [-0.05, 0) is 11.4 Å². The molecule has 0 saturated carbocycles. The molecule has 0 radical (unpaired) electrons. The molecule has 0 amide bonds. The number of aliphatic hydroxyl groups excluding tert-OH is 1. The summed E-state index contributed by atoms with van der Waals surface area (Å²) >= 11 is 1.80. The van der Waals surface area contributed by atoms with Crippen LogP contribution >= 0.6 is 11.3 Å². The molecular formula is C14H21N3OS. The first-order valence-electron chi connectivity index (χ1n) is 6.49. The van der Waals surface area contributed by atoms with Crippen molar-refractivity contribution in [3.05, 3.63) is 40.3 Å². The van der Waals surface area contributed by atoms with Crippen LogP contribution in [0.15, 0.2) is 29.9 Å². The average Bonchev–Trinajstić information content (AvgIpc) is 3.00.